The number of hydrogen-bond acceptors (Lipinski definition) is 4. The van der Waals surface area contributed by atoms with E-state index in [0.29, 0.717) is 13.1 Å². The predicted molar refractivity (Wildman–Crippen MR) is 57.8 cm³/mol. The van der Waals surface area contributed by atoms with Crippen LogP contribution in [-0.2, 0) is 9.47 Å². The predicted octanol–water partition coefficient (Wildman–Crippen LogP) is 0.482. The van der Waals surface area contributed by atoms with Crippen molar-refractivity contribution in [2.75, 3.05) is 26.3 Å². The molecular weight excluding hydrogens is 212 g/mol. The Morgan fingerprint density at radius 1 is 0.938 bits per heavy atom. The van der Waals surface area contributed by atoms with Crippen LogP contribution in [0, 0.1) is 11.8 Å². The molecule has 0 heterocycles. The fourth-order valence-electron chi connectivity index (χ4n) is 0.696. The normalized spacial score (nSPS) is 8.38. The highest BCUT2D eigenvalue weighted by atomic mass is 16.6. The molecule has 0 radical (unpaired) electrons. The molecule has 0 unspecified atom stereocenters. The van der Waals surface area contributed by atoms with Crippen molar-refractivity contribution in [2.24, 2.45) is 0 Å². The maximum atomic E-state index is 10.8. The number of nitrogens with one attached hydrogen (secondary N) is 2. The molecule has 0 rings (SSSR count). The maximum absolute atomic E-state index is 10.8. The van der Waals surface area contributed by atoms with Crippen molar-refractivity contribution in [1.29, 1.82) is 0 Å². The standard InChI is InChI=1S/C10H16N2O4/c1-3-11-9(13)15-7-5-6-8-16-10(14)12-4-2/h3-4,7-8H2,1-2H3,(H,11,13)(H,12,14). The second-order valence-electron chi connectivity index (χ2n) is 2.57. The Balaban J connectivity index is 3.48. The zero-order valence-corrected chi connectivity index (χ0v) is 9.46. The fourth-order valence-corrected chi connectivity index (χ4v) is 0.696. The first-order valence-electron chi connectivity index (χ1n) is 4.97. The molecule has 90 valence electrons. The van der Waals surface area contributed by atoms with Crippen LogP contribution < -0.4 is 10.6 Å². The number of amides is 2. The number of hydrogen-bond donors (Lipinski definition) is 2. The Kier molecular flexibility index (Phi) is 8.50. The minimum Gasteiger partial charge on any atom is -0.436 e. The van der Waals surface area contributed by atoms with Crippen LogP contribution in [0.5, 0.6) is 0 Å². The van der Waals surface area contributed by atoms with Gasteiger partial charge in [0.15, 0.2) is 13.2 Å². The van der Waals surface area contributed by atoms with Crippen LogP contribution in [0.15, 0.2) is 0 Å². The lowest BCUT2D eigenvalue weighted by Gasteiger charge is -2.00. The van der Waals surface area contributed by atoms with Crippen LogP contribution in [0.25, 0.3) is 0 Å². The van der Waals surface area contributed by atoms with Gasteiger partial charge < -0.3 is 20.1 Å². The number of ether oxygens (including phenoxy) is 2. The monoisotopic (exact) mass is 228 g/mol. The van der Waals surface area contributed by atoms with E-state index in [1.165, 1.54) is 0 Å². The van der Waals surface area contributed by atoms with E-state index < -0.39 is 12.2 Å². The lowest BCUT2D eigenvalue weighted by Crippen LogP contribution is -2.24. The Labute approximate surface area is 94.7 Å². The van der Waals surface area contributed by atoms with Crippen LogP contribution in [0.1, 0.15) is 13.8 Å². The first-order valence-corrected chi connectivity index (χ1v) is 4.97. The van der Waals surface area contributed by atoms with Gasteiger partial charge in [-0.05, 0) is 13.8 Å². The van der Waals surface area contributed by atoms with E-state index >= 15 is 0 Å². The molecule has 0 spiro atoms. The van der Waals surface area contributed by atoms with Gasteiger partial charge in [0.25, 0.3) is 0 Å². The largest absolute Gasteiger partial charge is 0.436 e. The van der Waals surface area contributed by atoms with Crippen LogP contribution in [0.2, 0.25) is 0 Å². The summed E-state index contributed by atoms with van der Waals surface area (Å²) in [5, 5.41) is 4.89. The van der Waals surface area contributed by atoms with Crippen LogP contribution in [0.3, 0.4) is 0 Å². The summed E-state index contributed by atoms with van der Waals surface area (Å²) in [6.45, 7) is 4.54. The smallest absolute Gasteiger partial charge is 0.408 e. The lowest BCUT2D eigenvalue weighted by molar-refractivity contribution is 0.157. The molecule has 0 aromatic rings. The number of carbonyl (C=O) groups excluding carboxylic acids is 2. The lowest BCUT2D eigenvalue weighted by atomic mass is 10.6. The average Bonchev–Trinajstić information content (AvgIpc) is 2.24. The Morgan fingerprint density at radius 2 is 1.31 bits per heavy atom. The summed E-state index contributed by atoms with van der Waals surface area (Å²) in [6.07, 6.45) is -1.03. The molecule has 0 aliphatic heterocycles. The van der Waals surface area contributed by atoms with Gasteiger partial charge >= 0.3 is 12.2 Å². The molecule has 0 aromatic heterocycles. The highest BCUT2D eigenvalue weighted by Gasteiger charge is 1.96. The molecule has 0 aliphatic rings. The minimum absolute atomic E-state index is 0.0232. The van der Waals surface area contributed by atoms with E-state index in [-0.39, 0.29) is 13.2 Å². The topological polar surface area (TPSA) is 76.7 Å². The van der Waals surface area contributed by atoms with E-state index in [1.807, 2.05) is 0 Å². The van der Waals surface area contributed by atoms with E-state index in [0.717, 1.165) is 0 Å². The molecule has 0 aromatic carbocycles. The number of carbonyl (C=O) groups is 2. The zero-order valence-electron chi connectivity index (χ0n) is 9.46. The molecule has 6 nitrogen and oxygen atoms in total. The van der Waals surface area contributed by atoms with E-state index in [1.54, 1.807) is 13.8 Å². The minimum atomic E-state index is -0.513. The van der Waals surface area contributed by atoms with Gasteiger partial charge in [-0.25, -0.2) is 9.59 Å². The summed E-state index contributed by atoms with van der Waals surface area (Å²) < 4.78 is 9.31. The Bertz CT molecular complexity index is 254. The SMILES string of the molecule is CCNC(=O)OCC#CCOC(=O)NCC. The second-order valence-corrected chi connectivity index (χ2v) is 2.57. The third kappa shape index (κ3) is 8.69. The van der Waals surface area contributed by atoms with E-state index in [2.05, 4.69) is 31.9 Å². The molecular formula is C10H16N2O4. The summed E-state index contributed by atoms with van der Waals surface area (Å²) in [7, 11) is 0. The van der Waals surface area contributed by atoms with Gasteiger partial charge in [-0.1, -0.05) is 11.8 Å². The highest BCUT2D eigenvalue weighted by Crippen LogP contribution is 1.77. The first kappa shape index (κ1) is 14.1. The second kappa shape index (κ2) is 9.65. The summed E-state index contributed by atoms with van der Waals surface area (Å²) in [6, 6.07) is 0. The Morgan fingerprint density at radius 3 is 1.62 bits per heavy atom. The molecule has 16 heavy (non-hydrogen) atoms. The zero-order chi connectivity index (χ0) is 12.2. The van der Waals surface area contributed by atoms with Crippen molar-refractivity contribution in [3.05, 3.63) is 0 Å². The van der Waals surface area contributed by atoms with E-state index in [4.69, 9.17) is 0 Å². The molecule has 0 saturated heterocycles. The molecule has 0 saturated carbocycles. The third-order valence-corrected chi connectivity index (χ3v) is 1.32. The molecule has 0 atom stereocenters. The van der Waals surface area contributed by atoms with Gasteiger partial charge in [0, 0.05) is 13.1 Å². The van der Waals surface area contributed by atoms with Gasteiger partial charge in [-0.3, -0.25) is 0 Å². The molecule has 2 N–H and O–H groups in total. The van der Waals surface area contributed by atoms with Crippen molar-refractivity contribution in [2.45, 2.75) is 13.8 Å². The summed E-state index contributed by atoms with van der Waals surface area (Å²) in [5.74, 6) is 5.07. The van der Waals surface area contributed by atoms with Crippen molar-refractivity contribution >= 4 is 12.2 Å². The van der Waals surface area contributed by atoms with Crippen molar-refractivity contribution < 1.29 is 19.1 Å². The highest BCUT2D eigenvalue weighted by molar-refractivity contribution is 5.67. The first-order chi connectivity index (χ1) is 7.70. The number of alkyl carbamates (subject to hydrolysis) is 2. The van der Waals surface area contributed by atoms with E-state index in [9.17, 15) is 9.59 Å². The van der Waals surface area contributed by atoms with Gasteiger partial charge in [-0.2, -0.15) is 0 Å². The maximum Gasteiger partial charge on any atom is 0.408 e. The van der Waals surface area contributed by atoms with Crippen molar-refractivity contribution in [3.8, 4) is 11.8 Å². The molecule has 0 bridgehead atoms. The molecule has 6 heteroatoms. The summed E-state index contributed by atoms with van der Waals surface area (Å²) >= 11 is 0. The van der Waals surface area contributed by atoms with Crippen molar-refractivity contribution in [1.82, 2.24) is 10.6 Å². The van der Waals surface area contributed by atoms with Crippen molar-refractivity contribution in [3.63, 3.8) is 0 Å². The third-order valence-electron chi connectivity index (χ3n) is 1.32. The number of rotatable bonds is 4. The van der Waals surface area contributed by atoms with Crippen LogP contribution >= 0.6 is 0 Å². The fraction of sp³-hybridized carbons (Fsp3) is 0.600. The van der Waals surface area contributed by atoms with Gasteiger partial charge in [0.2, 0.25) is 0 Å². The van der Waals surface area contributed by atoms with Gasteiger partial charge in [-0.15, -0.1) is 0 Å². The molecule has 0 fully saturated rings. The van der Waals surface area contributed by atoms with Crippen LogP contribution in [0.4, 0.5) is 9.59 Å². The summed E-state index contributed by atoms with van der Waals surface area (Å²) in [4.78, 5) is 21.5. The van der Waals surface area contributed by atoms with Gasteiger partial charge in [0.05, 0.1) is 0 Å². The average molecular weight is 228 g/mol. The molecule has 2 amide bonds. The molecule has 0 aliphatic carbocycles. The quantitative estimate of drug-likeness (QED) is 0.686. The van der Waals surface area contributed by atoms with Crippen LogP contribution in [-0.4, -0.2) is 38.5 Å². The van der Waals surface area contributed by atoms with Gasteiger partial charge in [0.1, 0.15) is 0 Å². The summed E-state index contributed by atoms with van der Waals surface area (Å²) in [5.41, 5.74) is 0. The Hall–Kier alpha value is -1.90.